The first-order valence-corrected chi connectivity index (χ1v) is 6.07. The second kappa shape index (κ2) is 7.29. The monoisotopic (exact) mass is 224 g/mol. The van der Waals surface area contributed by atoms with E-state index >= 15 is 0 Å². The SMILES string of the molecule is COC(=N)CCCSCc1ccccn1. The van der Waals surface area contributed by atoms with E-state index in [9.17, 15) is 0 Å². The van der Waals surface area contributed by atoms with E-state index in [1.54, 1.807) is 7.11 Å². The fraction of sp³-hybridized carbons (Fsp3) is 0.455. The molecule has 0 aliphatic carbocycles. The van der Waals surface area contributed by atoms with E-state index in [2.05, 4.69) is 4.98 Å². The summed E-state index contributed by atoms with van der Waals surface area (Å²) < 4.78 is 4.78. The number of pyridine rings is 1. The Hall–Kier alpha value is -1.03. The second-order valence-electron chi connectivity index (χ2n) is 3.10. The van der Waals surface area contributed by atoms with Gasteiger partial charge in [-0.15, -0.1) is 0 Å². The van der Waals surface area contributed by atoms with Crippen LogP contribution >= 0.6 is 11.8 Å². The quantitative estimate of drug-likeness (QED) is 0.459. The molecule has 3 nitrogen and oxygen atoms in total. The lowest BCUT2D eigenvalue weighted by atomic mass is 10.3. The van der Waals surface area contributed by atoms with Crippen molar-refractivity contribution in [3.8, 4) is 0 Å². The van der Waals surface area contributed by atoms with Crippen LogP contribution < -0.4 is 0 Å². The minimum atomic E-state index is 0.369. The van der Waals surface area contributed by atoms with Gasteiger partial charge in [0.25, 0.3) is 0 Å². The van der Waals surface area contributed by atoms with Crippen LogP contribution in [0.15, 0.2) is 24.4 Å². The van der Waals surface area contributed by atoms with Gasteiger partial charge in [-0.25, -0.2) is 0 Å². The lowest BCUT2D eigenvalue weighted by Gasteiger charge is -2.02. The van der Waals surface area contributed by atoms with Gasteiger partial charge in [-0.3, -0.25) is 10.4 Å². The molecule has 4 heteroatoms. The van der Waals surface area contributed by atoms with Crippen LogP contribution in [0.1, 0.15) is 18.5 Å². The van der Waals surface area contributed by atoms with Crippen molar-refractivity contribution < 1.29 is 4.74 Å². The fourth-order valence-corrected chi connectivity index (χ4v) is 1.97. The van der Waals surface area contributed by atoms with Gasteiger partial charge in [0, 0.05) is 18.4 Å². The van der Waals surface area contributed by atoms with Gasteiger partial charge in [-0.1, -0.05) is 6.07 Å². The van der Waals surface area contributed by atoms with Gasteiger partial charge in [0.2, 0.25) is 0 Å². The molecule has 0 fully saturated rings. The number of methoxy groups -OCH3 is 1. The molecule has 0 unspecified atom stereocenters. The maximum atomic E-state index is 7.29. The molecule has 0 saturated heterocycles. The zero-order chi connectivity index (χ0) is 10.9. The van der Waals surface area contributed by atoms with Gasteiger partial charge >= 0.3 is 0 Å². The number of aromatic nitrogens is 1. The summed E-state index contributed by atoms with van der Waals surface area (Å²) in [7, 11) is 1.55. The summed E-state index contributed by atoms with van der Waals surface area (Å²) in [6.07, 6.45) is 3.53. The lowest BCUT2D eigenvalue weighted by molar-refractivity contribution is 0.385. The molecular weight excluding hydrogens is 208 g/mol. The average molecular weight is 224 g/mol. The van der Waals surface area contributed by atoms with Crippen LogP contribution in [0.25, 0.3) is 0 Å². The van der Waals surface area contributed by atoms with Crippen molar-refractivity contribution in [2.45, 2.75) is 18.6 Å². The molecule has 1 rings (SSSR count). The molecule has 1 heterocycles. The van der Waals surface area contributed by atoms with Crippen LogP contribution in [0, 0.1) is 5.41 Å². The fourth-order valence-electron chi connectivity index (χ4n) is 1.10. The van der Waals surface area contributed by atoms with E-state index in [0.29, 0.717) is 5.90 Å². The van der Waals surface area contributed by atoms with E-state index in [0.717, 1.165) is 30.0 Å². The first kappa shape index (κ1) is 12.0. The zero-order valence-corrected chi connectivity index (χ0v) is 9.72. The van der Waals surface area contributed by atoms with Gasteiger partial charge in [-0.05, 0) is 24.3 Å². The predicted octanol–water partition coefficient (Wildman–Crippen LogP) is 2.72. The molecule has 0 spiro atoms. The van der Waals surface area contributed by atoms with Crippen LogP contribution in [-0.2, 0) is 10.5 Å². The number of thioether (sulfide) groups is 1. The molecule has 0 atom stereocenters. The Morgan fingerprint density at radius 1 is 1.53 bits per heavy atom. The summed E-state index contributed by atoms with van der Waals surface area (Å²) >= 11 is 1.84. The smallest absolute Gasteiger partial charge is 0.180 e. The Morgan fingerprint density at radius 2 is 2.40 bits per heavy atom. The molecule has 0 saturated carbocycles. The Balaban J connectivity index is 2.05. The number of hydrogen-bond acceptors (Lipinski definition) is 4. The maximum absolute atomic E-state index is 7.29. The van der Waals surface area contributed by atoms with Crippen molar-refractivity contribution in [3.63, 3.8) is 0 Å². The summed E-state index contributed by atoms with van der Waals surface area (Å²) in [4.78, 5) is 4.24. The van der Waals surface area contributed by atoms with E-state index < -0.39 is 0 Å². The third kappa shape index (κ3) is 5.42. The predicted molar refractivity (Wildman–Crippen MR) is 64.4 cm³/mol. The first-order chi connectivity index (χ1) is 7.33. The van der Waals surface area contributed by atoms with Crippen molar-refractivity contribution in [1.82, 2.24) is 4.98 Å². The van der Waals surface area contributed by atoms with Gasteiger partial charge in [0.15, 0.2) is 5.90 Å². The van der Waals surface area contributed by atoms with Gasteiger partial charge in [-0.2, -0.15) is 11.8 Å². The van der Waals surface area contributed by atoms with Gasteiger partial charge in [0.05, 0.1) is 12.8 Å². The highest BCUT2D eigenvalue weighted by molar-refractivity contribution is 7.98. The molecule has 0 bridgehead atoms. The zero-order valence-electron chi connectivity index (χ0n) is 8.90. The standard InChI is InChI=1S/C11H16N2OS/c1-14-11(12)6-4-8-15-9-10-5-2-3-7-13-10/h2-3,5,7,12H,4,6,8-9H2,1H3. The topological polar surface area (TPSA) is 46.0 Å². The number of rotatable bonds is 6. The van der Waals surface area contributed by atoms with E-state index in [1.807, 2.05) is 36.2 Å². The molecule has 0 aliphatic heterocycles. The summed E-state index contributed by atoms with van der Waals surface area (Å²) in [6, 6.07) is 5.96. The number of ether oxygens (including phenoxy) is 1. The van der Waals surface area contributed by atoms with Crippen molar-refractivity contribution in [2.24, 2.45) is 0 Å². The lowest BCUT2D eigenvalue weighted by Crippen LogP contribution is -1.99. The summed E-state index contributed by atoms with van der Waals surface area (Å²) in [5.74, 6) is 2.36. The van der Waals surface area contributed by atoms with Crippen LogP contribution in [0.2, 0.25) is 0 Å². The second-order valence-corrected chi connectivity index (χ2v) is 4.21. The summed E-state index contributed by atoms with van der Waals surface area (Å²) in [6.45, 7) is 0. The van der Waals surface area contributed by atoms with Crippen LogP contribution in [-0.4, -0.2) is 23.7 Å². The molecule has 15 heavy (non-hydrogen) atoms. The van der Waals surface area contributed by atoms with Crippen molar-refractivity contribution in [2.75, 3.05) is 12.9 Å². The Kier molecular flexibility index (Phi) is 5.85. The molecule has 1 aromatic heterocycles. The minimum Gasteiger partial charge on any atom is -0.484 e. The largest absolute Gasteiger partial charge is 0.484 e. The normalized spacial score (nSPS) is 9.93. The van der Waals surface area contributed by atoms with Crippen molar-refractivity contribution >= 4 is 17.7 Å². The Morgan fingerprint density at radius 3 is 3.07 bits per heavy atom. The third-order valence-corrected chi connectivity index (χ3v) is 2.99. The molecule has 0 aliphatic rings. The molecule has 0 radical (unpaired) electrons. The average Bonchev–Trinajstić information content (AvgIpc) is 2.29. The molecule has 0 aromatic carbocycles. The van der Waals surface area contributed by atoms with Crippen LogP contribution in [0.4, 0.5) is 0 Å². The van der Waals surface area contributed by atoms with Gasteiger partial charge < -0.3 is 4.74 Å². The van der Waals surface area contributed by atoms with Crippen molar-refractivity contribution in [3.05, 3.63) is 30.1 Å². The minimum absolute atomic E-state index is 0.369. The molecule has 82 valence electrons. The highest BCUT2D eigenvalue weighted by Gasteiger charge is 1.97. The third-order valence-electron chi connectivity index (χ3n) is 1.92. The molecular formula is C11H16N2OS. The summed E-state index contributed by atoms with van der Waals surface area (Å²) in [5, 5.41) is 7.29. The number of nitrogens with zero attached hydrogens (tertiary/aromatic N) is 1. The van der Waals surface area contributed by atoms with Gasteiger partial charge in [0.1, 0.15) is 0 Å². The van der Waals surface area contributed by atoms with Crippen LogP contribution in [0.5, 0.6) is 0 Å². The van der Waals surface area contributed by atoms with Crippen molar-refractivity contribution in [1.29, 1.82) is 5.41 Å². The maximum Gasteiger partial charge on any atom is 0.180 e. The Bertz CT molecular complexity index is 290. The highest BCUT2D eigenvalue weighted by Crippen LogP contribution is 2.11. The molecule has 1 aromatic rings. The van der Waals surface area contributed by atoms with Crippen LogP contribution in [0.3, 0.4) is 0 Å². The number of nitrogens with one attached hydrogen (secondary N) is 1. The first-order valence-electron chi connectivity index (χ1n) is 4.92. The van der Waals surface area contributed by atoms with E-state index in [-0.39, 0.29) is 0 Å². The molecule has 1 N–H and O–H groups in total. The number of hydrogen-bond donors (Lipinski definition) is 1. The summed E-state index contributed by atoms with van der Waals surface area (Å²) in [5.41, 5.74) is 1.12. The van der Waals surface area contributed by atoms with E-state index in [4.69, 9.17) is 10.1 Å². The Labute approximate surface area is 94.8 Å². The van der Waals surface area contributed by atoms with E-state index in [1.165, 1.54) is 0 Å². The highest BCUT2D eigenvalue weighted by atomic mass is 32.2. The molecule has 0 amide bonds.